The van der Waals surface area contributed by atoms with E-state index in [0.29, 0.717) is 34.3 Å². The Morgan fingerprint density at radius 3 is 2.21 bits per heavy atom. The van der Waals surface area contributed by atoms with Gasteiger partial charge in [-0.1, -0.05) is 0 Å². The summed E-state index contributed by atoms with van der Waals surface area (Å²) in [6, 6.07) is 12.6. The molecule has 7 nitrogen and oxygen atoms in total. The number of carbonyl (C=O) groups excluding carboxylic acids is 1. The number of methoxy groups -OCH3 is 3. The van der Waals surface area contributed by atoms with Gasteiger partial charge in [-0.05, 0) is 43.3 Å². The normalized spacial score (nSPS) is 10.3. The fraction of sp³-hybridized carbons (Fsp3) is 0.190. The number of aromatic nitrogens is 2. The van der Waals surface area contributed by atoms with E-state index in [-0.39, 0.29) is 5.91 Å². The van der Waals surface area contributed by atoms with Crippen LogP contribution in [0.4, 0.5) is 5.69 Å². The van der Waals surface area contributed by atoms with Crippen molar-refractivity contribution in [3.05, 3.63) is 59.9 Å². The lowest BCUT2D eigenvalue weighted by Gasteiger charge is -2.12. The number of amides is 1. The van der Waals surface area contributed by atoms with Gasteiger partial charge >= 0.3 is 0 Å². The van der Waals surface area contributed by atoms with E-state index in [4.69, 9.17) is 14.2 Å². The third kappa shape index (κ3) is 4.03. The summed E-state index contributed by atoms with van der Waals surface area (Å²) in [5, 5.41) is 2.83. The second-order valence-electron chi connectivity index (χ2n) is 5.94. The van der Waals surface area contributed by atoms with Crippen molar-refractivity contribution < 1.29 is 19.0 Å². The Balaban J connectivity index is 1.82. The van der Waals surface area contributed by atoms with Crippen molar-refractivity contribution in [2.24, 2.45) is 0 Å². The Morgan fingerprint density at radius 1 is 0.929 bits per heavy atom. The van der Waals surface area contributed by atoms with E-state index in [1.165, 1.54) is 13.3 Å². The van der Waals surface area contributed by atoms with Crippen molar-refractivity contribution in [2.75, 3.05) is 26.6 Å². The second kappa shape index (κ2) is 8.39. The van der Waals surface area contributed by atoms with Gasteiger partial charge in [-0.15, -0.1) is 0 Å². The second-order valence-corrected chi connectivity index (χ2v) is 5.94. The van der Waals surface area contributed by atoms with E-state index < -0.39 is 0 Å². The first-order valence-electron chi connectivity index (χ1n) is 8.57. The zero-order valence-corrected chi connectivity index (χ0v) is 16.1. The van der Waals surface area contributed by atoms with Gasteiger partial charge < -0.3 is 19.5 Å². The molecule has 0 atom stereocenters. The number of carbonyl (C=O) groups is 1. The summed E-state index contributed by atoms with van der Waals surface area (Å²) < 4.78 is 15.6. The number of benzene rings is 2. The van der Waals surface area contributed by atoms with Gasteiger partial charge in [0.2, 0.25) is 0 Å². The summed E-state index contributed by atoms with van der Waals surface area (Å²) in [6.45, 7) is 1.77. The number of nitrogens with zero attached hydrogens (tertiary/aromatic N) is 2. The lowest BCUT2D eigenvalue weighted by atomic mass is 10.1. The average molecular weight is 379 g/mol. The third-order valence-corrected chi connectivity index (χ3v) is 4.23. The number of rotatable bonds is 6. The Kier molecular flexibility index (Phi) is 5.74. The molecule has 2 aromatic carbocycles. The van der Waals surface area contributed by atoms with Crippen molar-refractivity contribution >= 4 is 11.6 Å². The molecule has 3 rings (SSSR count). The largest absolute Gasteiger partial charge is 0.497 e. The van der Waals surface area contributed by atoms with Crippen LogP contribution >= 0.6 is 0 Å². The summed E-state index contributed by atoms with van der Waals surface area (Å²) >= 11 is 0. The lowest BCUT2D eigenvalue weighted by Crippen LogP contribution is -2.15. The summed E-state index contributed by atoms with van der Waals surface area (Å²) in [7, 11) is 4.71. The molecule has 3 aromatic rings. The minimum absolute atomic E-state index is 0.317. The van der Waals surface area contributed by atoms with Gasteiger partial charge in [-0.3, -0.25) is 4.79 Å². The van der Waals surface area contributed by atoms with Crippen LogP contribution in [0.5, 0.6) is 17.2 Å². The molecule has 0 saturated carbocycles. The van der Waals surface area contributed by atoms with E-state index >= 15 is 0 Å². The maximum absolute atomic E-state index is 12.7. The Morgan fingerprint density at radius 2 is 1.61 bits per heavy atom. The van der Waals surface area contributed by atoms with Gasteiger partial charge in [0.05, 0.1) is 38.3 Å². The number of hydrogen-bond donors (Lipinski definition) is 1. The maximum Gasteiger partial charge on any atom is 0.259 e. The average Bonchev–Trinajstić information content (AvgIpc) is 2.73. The minimum atomic E-state index is -0.317. The molecule has 1 aromatic heterocycles. The molecular formula is C21H21N3O4. The molecule has 144 valence electrons. The number of anilines is 1. The molecule has 1 heterocycles. The molecule has 0 bridgehead atoms. The zero-order valence-electron chi connectivity index (χ0n) is 16.1. The highest BCUT2D eigenvalue weighted by Crippen LogP contribution is 2.29. The molecule has 0 spiro atoms. The molecule has 0 aliphatic carbocycles. The van der Waals surface area contributed by atoms with Crippen LogP contribution in [-0.4, -0.2) is 37.2 Å². The van der Waals surface area contributed by atoms with Gasteiger partial charge in [0.1, 0.15) is 17.2 Å². The summed E-state index contributed by atoms with van der Waals surface area (Å²) in [4.78, 5) is 21.5. The van der Waals surface area contributed by atoms with Crippen LogP contribution in [0.25, 0.3) is 11.4 Å². The number of ether oxygens (including phenoxy) is 3. The molecule has 0 aliphatic rings. The van der Waals surface area contributed by atoms with Gasteiger partial charge in [0.15, 0.2) is 5.82 Å². The monoisotopic (exact) mass is 379 g/mol. The summed E-state index contributed by atoms with van der Waals surface area (Å²) in [5.74, 6) is 2.12. The fourth-order valence-electron chi connectivity index (χ4n) is 2.66. The van der Waals surface area contributed by atoms with Crippen molar-refractivity contribution in [1.82, 2.24) is 9.97 Å². The molecule has 1 N–H and O–H groups in total. The predicted molar refractivity (Wildman–Crippen MR) is 106 cm³/mol. The molecule has 28 heavy (non-hydrogen) atoms. The van der Waals surface area contributed by atoms with Crippen LogP contribution in [0.15, 0.2) is 48.7 Å². The van der Waals surface area contributed by atoms with Crippen LogP contribution in [0.2, 0.25) is 0 Å². The highest BCUT2D eigenvalue weighted by atomic mass is 16.5. The minimum Gasteiger partial charge on any atom is -0.497 e. The molecule has 7 heteroatoms. The summed E-state index contributed by atoms with van der Waals surface area (Å²) in [6.07, 6.45) is 1.52. The SMILES string of the molecule is COc1ccc(-c2ncc(C(=O)Nc3ccc(OC)cc3OC)c(C)n2)cc1. The first-order valence-corrected chi connectivity index (χ1v) is 8.57. The van der Waals surface area contributed by atoms with Crippen molar-refractivity contribution in [3.63, 3.8) is 0 Å². The number of aryl methyl sites for hydroxylation is 1. The molecule has 0 fully saturated rings. The van der Waals surface area contributed by atoms with E-state index in [9.17, 15) is 4.79 Å². The Bertz CT molecular complexity index is 987. The maximum atomic E-state index is 12.7. The van der Waals surface area contributed by atoms with Crippen molar-refractivity contribution in [1.29, 1.82) is 0 Å². The van der Waals surface area contributed by atoms with Gasteiger partial charge in [0, 0.05) is 17.8 Å². The molecule has 0 saturated heterocycles. The first-order chi connectivity index (χ1) is 13.5. The quantitative estimate of drug-likeness (QED) is 0.703. The highest BCUT2D eigenvalue weighted by Gasteiger charge is 2.15. The lowest BCUT2D eigenvalue weighted by molar-refractivity contribution is 0.102. The fourth-order valence-corrected chi connectivity index (χ4v) is 2.66. The molecule has 0 aliphatic heterocycles. The standard InChI is InChI=1S/C21H21N3O4/c1-13-17(12-22-20(23-13)14-5-7-15(26-2)8-6-14)21(25)24-18-10-9-16(27-3)11-19(18)28-4/h5-12H,1-4H3,(H,24,25). The van der Waals surface area contributed by atoms with Crippen molar-refractivity contribution in [2.45, 2.75) is 6.92 Å². The van der Waals surface area contributed by atoms with Gasteiger partial charge in [0.25, 0.3) is 5.91 Å². The van der Waals surface area contributed by atoms with E-state index in [0.717, 1.165) is 11.3 Å². The van der Waals surface area contributed by atoms with E-state index in [1.807, 2.05) is 24.3 Å². The number of nitrogens with one attached hydrogen (secondary N) is 1. The molecular weight excluding hydrogens is 358 g/mol. The molecule has 0 radical (unpaired) electrons. The van der Waals surface area contributed by atoms with Gasteiger partial charge in [-0.2, -0.15) is 0 Å². The Hall–Kier alpha value is -3.61. The first kappa shape index (κ1) is 19.2. The Labute approximate surface area is 163 Å². The van der Waals surface area contributed by atoms with E-state index in [1.54, 1.807) is 39.3 Å². The van der Waals surface area contributed by atoms with E-state index in [2.05, 4.69) is 15.3 Å². The van der Waals surface area contributed by atoms with Crippen molar-refractivity contribution in [3.8, 4) is 28.6 Å². The van der Waals surface area contributed by atoms with Crippen LogP contribution < -0.4 is 19.5 Å². The summed E-state index contributed by atoms with van der Waals surface area (Å²) in [5.41, 5.74) is 2.33. The third-order valence-electron chi connectivity index (χ3n) is 4.23. The zero-order chi connectivity index (χ0) is 20.1. The number of hydrogen-bond acceptors (Lipinski definition) is 6. The van der Waals surface area contributed by atoms with Gasteiger partial charge in [-0.25, -0.2) is 9.97 Å². The van der Waals surface area contributed by atoms with Crippen LogP contribution in [0.3, 0.4) is 0 Å². The predicted octanol–water partition coefficient (Wildman–Crippen LogP) is 3.73. The van der Waals surface area contributed by atoms with Crippen LogP contribution in [0, 0.1) is 6.92 Å². The smallest absolute Gasteiger partial charge is 0.259 e. The topological polar surface area (TPSA) is 82.6 Å². The molecule has 1 amide bonds. The highest BCUT2D eigenvalue weighted by molar-refractivity contribution is 6.05. The van der Waals surface area contributed by atoms with Crippen LogP contribution in [-0.2, 0) is 0 Å². The molecule has 0 unspecified atom stereocenters. The van der Waals surface area contributed by atoms with Crippen LogP contribution in [0.1, 0.15) is 16.1 Å².